The van der Waals surface area contributed by atoms with Crippen molar-refractivity contribution in [3.63, 3.8) is 0 Å². The van der Waals surface area contributed by atoms with Gasteiger partial charge in [0.25, 0.3) is 0 Å². The van der Waals surface area contributed by atoms with Gasteiger partial charge in [0.05, 0.1) is 4.90 Å². The summed E-state index contributed by atoms with van der Waals surface area (Å²) < 4.78 is 28.0. The summed E-state index contributed by atoms with van der Waals surface area (Å²) in [4.78, 5) is 0.122. The predicted molar refractivity (Wildman–Crippen MR) is 88.7 cm³/mol. The first-order valence-corrected chi connectivity index (χ1v) is 8.78. The topological polar surface area (TPSA) is 72.2 Å². The van der Waals surface area contributed by atoms with Crippen LogP contribution in [0, 0.1) is 0 Å². The molecule has 0 aromatic heterocycles. The van der Waals surface area contributed by atoms with Gasteiger partial charge in [-0.15, -0.1) is 0 Å². The van der Waals surface area contributed by atoms with Gasteiger partial charge in [-0.05, 0) is 58.7 Å². The Labute approximate surface area is 137 Å². The summed E-state index contributed by atoms with van der Waals surface area (Å²) in [5.74, 6) is 0. The Balaban J connectivity index is 2.26. The van der Waals surface area contributed by atoms with Gasteiger partial charge in [0, 0.05) is 21.2 Å². The number of rotatable bonds is 4. The van der Waals surface area contributed by atoms with Crippen molar-refractivity contribution >= 4 is 43.2 Å². The van der Waals surface area contributed by atoms with Crippen molar-refractivity contribution in [3.8, 4) is 0 Å². The van der Waals surface area contributed by atoms with Crippen LogP contribution >= 0.6 is 27.5 Å². The van der Waals surface area contributed by atoms with E-state index in [9.17, 15) is 8.42 Å². The third-order valence-electron chi connectivity index (χ3n) is 2.96. The Bertz CT molecular complexity index is 765. The maximum atomic E-state index is 12.3. The molecule has 0 bridgehead atoms. The van der Waals surface area contributed by atoms with E-state index in [0.717, 1.165) is 5.56 Å². The van der Waals surface area contributed by atoms with Crippen molar-refractivity contribution in [2.24, 2.45) is 0 Å². The number of halogens is 2. The third-order valence-corrected chi connectivity index (χ3v) is 5.45. The molecular formula is C14H14BrClN2O2S. The molecule has 0 amide bonds. The number of nitrogens with one attached hydrogen (secondary N) is 1. The van der Waals surface area contributed by atoms with E-state index in [0.29, 0.717) is 15.2 Å². The zero-order valence-corrected chi connectivity index (χ0v) is 14.3. The van der Waals surface area contributed by atoms with Gasteiger partial charge in [0.2, 0.25) is 10.0 Å². The largest absolute Gasteiger partial charge is 0.398 e. The lowest BCUT2D eigenvalue weighted by atomic mass is 10.1. The minimum atomic E-state index is -3.65. The van der Waals surface area contributed by atoms with Crippen LogP contribution in [0.1, 0.15) is 18.5 Å². The highest BCUT2D eigenvalue weighted by molar-refractivity contribution is 9.10. The number of anilines is 1. The Morgan fingerprint density at radius 3 is 2.57 bits per heavy atom. The lowest BCUT2D eigenvalue weighted by Gasteiger charge is -2.15. The SMILES string of the molecule is CC(NS(=O)(=O)c1ccc(Br)c(N)c1)c1cccc(Cl)c1. The van der Waals surface area contributed by atoms with E-state index >= 15 is 0 Å². The molecule has 1 unspecified atom stereocenters. The second-order valence-electron chi connectivity index (χ2n) is 4.58. The van der Waals surface area contributed by atoms with Crippen LogP contribution in [-0.2, 0) is 10.0 Å². The van der Waals surface area contributed by atoms with Crippen LogP contribution < -0.4 is 10.5 Å². The number of nitrogens with two attached hydrogens (primary N) is 1. The summed E-state index contributed by atoms with van der Waals surface area (Å²) in [6.45, 7) is 1.76. The van der Waals surface area contributed by atoms with E-state index in [1.54, 1.807) is 31.2 Å². The van der Waals surface area contributed by atoms with Crippen LogP contribution in [-0.4, -0.2) is 8.42 Å². The third kappa shape index (κ3) is 3.97. The summed E-state index contributed by atoms with van der Waals surface area (Å²) in [5.41, 5.74) is 6.88. The maximum absolute atomic E-state index is 12.3. The van der Waals surface area contributed by atoms with Crippen molar-refractivity contribution in [1.29, 1.82) is 0 Å². The molecule has 112 valence electrons. The van der Waals surface area contributed by atoms with E-state index < -0.39 is 16.1 Å². The Morgan fingerprint density at radius 2 is 1.95 bits per heavy atom. The van der Waals surface area contributed by atoms with Gasteiger partial charge in [-0.3, -0.25) is 0 Å². The first kappa shape index (κ1) is 16.3. The van der Waals surface area contributed by atoms with E-state index in [2.05, 4.69) is 20.7 Å². The molecule has 0 radical (unpaired) electrons. The number of sulfonamides is 1. The van der Waals surface area contributed by atoms with E-state index in [4.69, 9.17) is 17.3 Å². The maximum Gasteiger partial charge on any atom is 0.241 e. The molecule has 0 fully saturated rings. The first-order valence-electron chi connectivity index (χ1n) is 6.12. The van der Waals surface area contributed by atoms with Crippen molar-refractivity contribution in [2.45, 2.75) is 17.9 Å². The average molecular weight is 390 g/mol. The van der Waals surface area contributed by atoms with Crippen molar-refractivity contribution in [2.75, 3.05) is 5.73 Å². The normalized spacial score (nSPS) is 13.1. The minimum Gasteiger partial charge on any atom is -0.398 e. The summed E-state index contributed by atoms with van der Waals surface area (Å²) >= 11 is 9.15. The van der Waals surface area contributed by atoms with Gasteiger partial charge in [-0.1, -0.05) is 23.7 Å². The van der Waals surface area contributed by atoms with Gasteiger partial charge in [0.1, 0.15) is 0 Å². The minimum absolute atomic E-state index is 0.122. The fourth-order valence-electron chi connectivity index (χ4n) is 1.83. The Hall–Kier alpha value is -1.08. The van der Waals surface area contributed by atoms with Crippen LogP contribution in [0.2, 0.25) is 5.02 Å². The highest BCUT2D eigenvalue weighted by Crippen LogP contribution is 2.24. The van der Waals surface area contributed by atoms with Crippen LogP contribution in [0.4, 0.5) is 5.69 Å². The van der Waals surface area contributed by atoms with Crippen LogP contribution in [0.25, 0.3) is 0 Å². The molecule has 0 aliphatic carbocycles. The van der Waals surface area contributed by atoms with E-state index in [1.165, 1.54) is 12.1 Å². The quantitative estimate of drug-likeness (QED) is 0.783. The molecule has 0 saturated carbocycles. The van der Waals surface area contributed by atoms with Gasteiger partial charge in [-0.2, -0.15) is 0 Å². The van der Waals surface area contributed by atoms with Crippen LogP contribution in [0.3, 0.4) is 0 Å². The molecule has 21 heavy (non-hydrogen) atoms. The van der Waals surface area contributed by atoms with Crippen molar-refractivity contribution in [1.82, 2.24) is 4.72 Å². The second kappa shape index (κ2) is 6.36. The Morgan fingerprint density at radius 1 is 1.24 bits per heavy atom. The molecular weight excluding hydrogens is 376 g/mol. The smallest absolute Gasteiger partial charge is 0.241 e. The highest BCUT2D eigenvalue weighted by Gasteiger charge is 2.19. The molecule has 3 N–H and O–H groups in total. The molecule has 2 aromatic rings. The summed E-state index contributed by atoms with van der Waals surface area (Å²) in [7, 11) is -3.65. The molecule has 1 atom stereocenters. The molecule has 0 spiro atoms. The van der Waals surface area contributed by atoms with E-state index in [-0.39, 0.29) is 4.90 Å². The highest BCUT2D eigenvalue weighted by atomic mass is 79.9. The fourth-order valence-corrected chi connectivity index (χ4v) is 3.55. The molecule has 0 aliphatic rings. The second-order valence-corrected chi connectivity index (χ2v) is 7.59. The van der Waals surface area contributed by atoms with Gasteiger partial charge < -0.3 is 5.73 Å². The summed E-state index contributed by atoms with van der Waals surface area (Å²) in [6, 6.07) is 11.2. The summed E-state index contributed by atoms with van der Waals surface area (Å²) in [5, 5.41) is 0.562. The Kier molecular flexibility index (Phi) is 4.93. The molecule has 0 saturated heterocycles. The lowest BCUT2D eigenvalue weighted by molar-refractivity contribution is 0.567. The molecule has 2 rings (SSSR count). The molecule has 7 heteroatoms. The number of hydrogen-bond donors (Lipinski definition) is 2. The van der Waals surface area contributed by atoms with Crippen LogP contribution in [0.15, 0.2) is 51.8 Å². The number of benzene rings is 2. The fraction of sp³-hybridized carbons (Fsp3) is 0.143. The van der Waals surface area contributed by atoms with Gasteiger partial charge >= 0.3 is 0 Å². The molecule has 2 aromatic carbocycles. The van der Waals surface area contributed by atoms with Gasteiger partial charge in [0.15, 0.2) is 0 Å². The monoisotopic (exact) mass is 388 g/mol. The summed E-state index contributed by atoms with van der Waals surface area (Å²) in [6.07, 6.45) is 0. The van der Waals surface area contributed by atoms with Crippen molar-refractivity contribution < 1.29 is 8.42 Å². The van der Waals surface area contributed by atoms with Gasteiger partial charge in [-0.25, -0.2) is 13.1 Å². The molecule has 0 heterocycles. The predicted octanol–water partition coefficient (Wildman–Crippen LogP) is 3.72. The van der Waals surface area contributed by atoms with E-state index in [1.807, 2.05) is 6.07 Å². The van der Waals surface area contributed by atoms with Crippen LogP contribution in [0.5, 0.6) is 0 Å². The zero-order valence-electron chi connectivity index (χ0n) is 11.2. The zero-order chi connectivity index (χ0) is 15.6. The standard InChI is InChI=1S/C14H14BrClN2O2S/c1-9(10-3-2-4-11(16)7-10)18-21(19,20)12-5-6-13(15)14(17)8-12/h2-9,18H,17H2,1H3. The van der Waals surface area contributed by atoms with Crippen molar-refractivity contribution in [3.05, 3.63) is 57.5 Å². The number of hydrogen-bond acceptors (Lipinski definition) is 3. The number of nitrogen functional groups attached to an aromatic ring is 1. The lowest BCUT2D eigenvalue weighted by Crippen LogP contribution is -2.27. The first-order chi connectivity index (χ1) is 9.79. The average Bonchev–Trinajstić information content (AvgIpc) is 2.41. The molecule has 4 nitrogen and oxygen atoms in total. The molecule has 0 aliphatic heterocycles.